The molecule has 0 heterocycles. The molecule has 1 aromatic carbocycles. The molecule has 0 spiro atoms. The summed E-state index contributed by atoms with van der Waals surface area (Å²) in [6.07, 6.45) is 1.70. The highest BCUT2D eigenvalue weighted by molar-refractivity contribution is 6.21. The molecule has 2 heteroatoms. The molecule has 0 saturated carbocycles. The Morgan fingerprint density at radius 2 is 1.35 bits per heavy atom. The van der Waals surface area contributed by atoms with Gasteiger partial charge in [-0.3, -0.25) is 9.59 Å². The molecule has 90 valence electrons. The van der Waals surface area contributed by atoms with Crippen molar-refractivity contribution < 1.29 is 9.59 Å². The van der Waals surface area contributed by atoms with E-state index in [0.717, 1.165) is 16.7 Å². The number of hydrogen-bond acceptors (Lipinski definition) is 2. The van der Waals surface area contributed by atoms with Gasteiger partial charge in [-0.25, -0.2) is 0 Å². The third-order valence-electron chi connectivity index (χ3n) is 2.79. The first kappa shape index (κ1) is 13.4. The second-order valence-corrected chi connectivity index (χ2v) is 4.48. The molecule has 0 amide bonds. The van der Waals surface area contributed by atoms with Crippen molar-refractivity contribution in [2.75, 3.05) is 0 Å². The van der Waals surface area contributed by atoms with Gasteiger partial charge in [0.1, 0.15) is 0 Å². The first-order valence-electron chi connectivity index (χ1n) is 5.64. The van der Waals surface area contributed by atoms with Crippen LogP contribution in [0.1, 0.15) is 36.1 Å². The maximum Gasteiger partial charge on any atom is 0.163 e. The van der Waals surface area contributed by atoms with E-state index < -0.39 is 0 Å². The topological polar surface area (TPSA) is 34.1 Å². The second-order valence-electron chi connectivity index (χ2n) is 4.48. The van der Waals surface area contributed by atoms with E-state index in [1.54, 1.807) is 6.08 Å². The van der Waals surface area contributed by atoms with Crippen molar-refractivity contribution in [1.29, 1.82) is 0 Å². The molecule has 0 aliphatic carbocycles. The molecule has 2 nitrogen and oxygen atoms in total. The van der Waals surface area contributed by atoms with Crippen LogP contribution in [-0.2, 0) is 9.59 Å². The van der Waals surface area contributed by atoms with Crippen LogP contribution < -0.4 is 0 Å². The molecule has 0 N–H and O–H groups in total. The Morgan fingerprint density at radius 3 is 1.71 bits per heavy atom. The normalized spacial score (nSPS) is 9.94. The van der Waals surface area contributed by atoms with E-state index in [0.29, 0.717) is 0 Å². The Bertz CT molecular complexity index is 469. The van der Waals surface area contributed by atoms with E-state index in [4.69, 9.17) is 0 Å². The lowest BCUT2D eigenvalue weighted by molar-refractivity contribution is -0.119. The summed E-state index contributed by atoms with van der Waals surface area (Å²) in [7, 11) is 0. The zero-order chi connectivity index (χ0) is 13.2. The average molecular weight is 230 g/mol. The quantitative estimate of drug-likeness (QED) is 0.454. The van der Waals surface area contributed by atoms with Crippen molar-refractivity contribution in [2.45, 2.75) is 34.6 Å². The molecule has 17 heavy (non-hydrogen) atoms. The highest BCUT2D eigenvalue weighted by Crippen LogP contribution is 2.20. The smallest absolute Gasteiger partial charge is 0.163 e. The van der Waals surface area contributed by atoms with Gasteiger partial charge in [-0.05, 0) is 57.4 Å². The summed E-state index contributed by atoms with van der Waals surface area (Å²) >= 11 is 0. The standard InChI is InChI=1S/C15H18O2/c1-9-6-10(2)14(11(3)7-9)8-15(12(4)16)13(5)17/h6-8H,1-5H3. The van der Waals surface area contributed by atoms with Gasteiger partial charge in [-0.15, -0.1) is 0 Å². The molecule has 0 unspecified atom stereocenters. The van der Waals surface area contributed by atoms with E-state index in [1.165, 1.54) is 19.4 Å². The zero-order valence-corrected chi connectivity index (χ0v) is 11.0. The summed E-state index contributed by atoms with van der Waals surface area (Å²) < 4.78 is 0. The largest absolute Gasteiger partial charge is 0.294 e. The van der Waals surface area contributed by atoms with Gasteiger partial charge in [0, 0.05) is 0 Å². The first-order chi connectivity index (χ1) is 7.82. The van der Waals surface area contributed by atoms with Gasteiger partial charge < -0.3 is 0 Å². The van der Waals surface area contributed by atoms with E-state index in [-0.39, 0.29) is 17.1 Å². The van der Waals surface area contributed by atoms with Crippen molar-refractivity contribution in [2.24, 2.45) is 0 Å². The zero-order valence-electron chi connectivity index (χ0n) is 11.0. The summed E-state index contributed by atoms with van der Waals surface area (Å²) in [5.41, 5.74) is 4.59. The predicted molar refractivity (Wildman–Crippen MR) is 70.0 cm³/mol. The van der Waals surface area contributed by atoms with Gasteiger partial charge in [0.05, 0.1) is 5.57 Å². The maximum absolute atomic E-state index is 11.4. The van der Waals surface area contributed by atoms with Gasteiger partial charge in [0.25, 0.3) is 0 Å². The SMILES string of the molecule is CC(=O)C(=Cc1c(C)cc(C)cc1C)C(C)=O. The molecule has 0 atom stereocenters. The number of carbonyl (C=O) groups excluding carboxylic acids is 2. The van der Waals surface area contributed by atoms with Crippen molar-refractivity contribution in [3.8, 4) is 0 Å². The van der Waals surface area contributed by atoms with E-state index in [9.17, 15) is 9.59 Å². The van der Waals surface area contributed by atoms with Crippen molar-refractivity contribution in [1.82, 2.24) is 0 Å². The van der Waals surface area contributed by atoms with Gasteiger partial charge in [0.2, 0.25) is 0 Å². The molecule has 1 aromatic rings. The van der Waals surface area contributed by atoms with Gasteiger partial charge >= 0.3 is 0 Å². The molecule has 0 aliphatic rings. The van der Waals surface area contributed by atoms with Crippen LogP contribution in [0.3, 0.4) is 0 Å². The number of hydrogen-bond donors (Lipinski definition) is 0. The molecule has 0 saturated heterocycles. The van der Waals surface area contributed by atoms with Crippen LogP contribution >= 0.6 is 0 Å². The highest BCUT2D eigenvalue weighted by Gasteiger charge is 2.11. The van der Waals surface area contributed by atoms with Crippen molar-refractivity contribution >= 4 is 17.6 Å². The highest BCUT2D eigenvalue weighted by atomic mass is 16.1. The molecular weight excluding hydrogens is 212 g/mol. The van der Waals surface area contributed by atoms with Crippen LogP contribution in [-0.4, -0.2) is 11.6 Å². The third-order valence-corrected chi connectivity index (χ3v) is 2.79. The van der Waals surface area contributed by atoms with E-state index in [2.05, 4.69) is 12.1 Å². The minimum atomic E-state index is -0.183. The molecule has 0 fully saturated rings. The van der Waals surface area contributed by atoms with Crippen LogP contribution in [0.15, 0.2) is 17.7 Å². The van der Waals surface area contributed by atoms with Crippen LogP contribution in [0.2, 0.25) is 0 Å². The fourth-order valence-corrected chi connectivity index (χ4v) is 2.01. The lowest BCUT2D eigenvalue weighted by Gasteiger charge is -2.08. The fraction of sp³-hybridized carbons (Fsp3) is 0.333. The van der Waals surface area contributed by atoms with Crippen molar-refractivity contribution in [3.63, 3.8) is 0 Å². The number of carbonyl (C=O) groups is 2. The molecule has 0 aliphatic heterocycles. The first-order valence-corrected chi connectivity index (χ1v) is 5.64. The average Bonchev–Trinajstić information content (AvgIpc) is 2.14. The number of benzene rings is 1. The van der Waals surface area contributed by atoms with Gasteiger partial charge in [-0.2, -0.15) is 0 Å². The number of aryl methyl sites for hydroxylation is 3. The molecule has 0 bridgehead atoms. The minimum absolute atomic E-state index is 0.183. The number of ketones is 2. The second kappa shape index (κ2) is 5.09. The Balaban J connectivity index is 3.39. The molecular formula is C15H18O2. The monoisotopic (exact) mass is 230 g/mol. The number of rotatable bonds is 3. The minimum Gasteiger partial charge on any atom is -0.294 e. The fourth-order valence-electron chi connectivity index (χ4n) is 2.01. The van der Waals surface area contributed by atoms with Crippen LogP contribution in [0, 0.1) is 20.8 Å². The summed E-state index contributed by atoms with van der Waals surface area (Å²) in [5.74, 6) is -0.367. The molecule has 0 aromatic heterocycles. The third kappa shape index (κ3) is 3.13. The number of Topliss-reactive ketones (excluding diaryl/α,β-unsaturated/α-hetero) is 2. The predicted octanol–water partition coefficient (Wildman–Crippen LogP) is 3.17. The van der Waals surface area contributed by atoms with Crippen LogP contribution in [0.4, 0.5) is 0 Å². The molecule has 0 radical (unpaired) electrons. The maximum atomic E-state index is 11.4. The molecule has 1 rings (SSSR count). The number of allylic oxidation sites excluding steroid dienone is 1. The Labute approximate surface area is 102 Å². The Morgan fingerprint density at radius 1 is 0.941 bits per heavy atom. The summed E-state index contributed by atoms with van der Waals surface area (Å²) in [4.78, 5) is 22.8. The lowest BCUT2D eigenvalue weighted by Crippen LogP contribution is -2.06. The summed E-state index contributed by atoms with van der Waals surface area (Å²) in [5, 5.41) is 0. The Hall–Kier alpha value is -1.70. The van der Waals surface area contributed by atoms with Gasteiger partial charge in [-0.1, -0.05) is 17.7 Å². The lowest BCUT2D eigenvalue weighted by atomic mass is 9.96. The van der Waals surface area contributed by atoms with E-state index in [1.807, 2.05) is 20.8 Å². The van der Waals surface area contributed by atoms with Crippen LogP contribution in [0.25, 0.3) is 6.08 Å². The van der Waals surface area contributed by atoms with Crippen molar-refractivity contribution in [3.05, 3.63) is 40.0 Å². The summed E-state index contributed by atoms with van der Waals surface area (Å²) in [6.45, 7) is 8.86. The van der Waals surface area contributed by atoms with Gasteiger partial charge in [0.15, 0.2) is 11.6 Å². The Kier molecular flexibility index (Phi) is 4.00. The van der Waals surface area contributed by atoms with E-state index >= 15 is 0 Å². The summed E-state index contributed by atoms with van der Waals surface area (Å²) in [6, 6.07) is 4.10. The van der Waals surface area contributed by atoms with Crippen LogP contribution in [0.5, 0.6) is 0 Å².